The summed E-state index contributed by atoms with van der Waals surface area (Å²) in [5.41, 5.74) is 6.63. The summed E-state index contributed by atoms with van der Waals surface area (Å²) in [7, 11) is 1.97. The molecule has 0 saturated carbocycles. The summed E-state index contributed by atoms with van der Waals surface area (Å²) >= 11 is 6.27. The summed E-state index contributed by atoms with van der Waals surface area (Å²) < 4.78 is 1.91. The molecule has 1 aliphatic rings. The molecule has 7 heteroatoms. The summed E-state index contributed by atoms with van der Waals surface area (Å²) in [6, 6.07) is 8.02. The Labute approximate surface area is 174 Å². The van der Waals surface area contributed by atoms with Gasteiger partial charge in [-0.1, -0.05) is 11.6 Å². The van der Waals surface area contributed by atoms with Gasteiger partial charge in [-0.05, 0) is 49.2 Å². The van der Waals surface area contributed by atoms with Gasteiger partial charge >= 0.3 is 0 Å². The maximum absolute atomic E-state index is 6.27. The van der Waals surface area contributed by atoms with E-state index in [2.05, 4.69) is 28.0 Å². The van der Waals surface area contributed by atoms with Crippen LogP contribution in [0.15, 0.2) is 36.7 Å². The van der Waals surface area contributed by atoms with E-state index >= 15 is 0 Å². The molecular weight excluding hydrogens is 384 g/mol. The van der Waals surface area contributed by atoms with Crippen molar-refractivity contribution in [2.45, 2.75) is 26.8 Å². The van der Waals surface area contributed by atoms with Crippen molar-refractivity contribution < 1.29 is 0 Å². The first-order valence-electron chi connectivity index (χ1n) is 9.65. The van der Waals surface area contributed by atoms with Crippen LogP contribution < -0.4 is 4.90 Å². The molecule has 1 aromatic carbocycles. The first kappa shape index (κ1) is 18.1. The number of fused-ring (bicyclic) bond motifs is 2. The Bertz CT molecular complexity index is 1230. The SMILES string of the molecule is Cc1nc(N2CCc3ncc(-c4c(C)cnn4C)cc3C2)c2cc(Cl)ccc2n1. The zero-order chi connectivity index (χ0) is 20.1. The van der Waals surface area contributed by atoms with Gasteiger partial charge in [-0.2, -0.15) is 5.10 Å². The maximum Gasteiger partial charge on any atom is 0.140 e. The predicted molar refractivity (Wildman–Crippen MR) is 115 cm³/mol. The van der Waals surface area contributed by atoms with Gasteiger partial charge in [0.05, 0.1) is 17.4 Å². The number of aromatic nitrogens is 5. The van der Waals surface area contributed by atoms with Crippen LogP contribution in [0.25, 0.3) is 22.2 Å². The Hall–Kier alpha value is -2.99. The minimum absolute atomic E-state index is 0.694. The Balaban J connectivity index is 1.57. The fraction of sp³-hybridized carbons (Fsp3) is 0.273. The monoisotopic (exact) mass is 404 g/mol. The maximum atomic E-state index is 6.27. The zero-order valence-electron chi connectivity index (χ0n) is 16.6. The van der Waals surface area contributed by atoms with Gasteiger partial charge in [0.15, 0.2) is 0 Å². The van der Waals surface area contributed by atoms with E-state index in [9.17, 15) is 0 Å². The zero-order valence-corrected chi connectivity index (χ0v) is 17.4. The molecule has 5 rings (SSSR count). The van der Waals surface area contributed by atoms with Crippen molar-refractivity contribution in [1.29, 1.82) is 0 Å². The standard InChI is InChI=1S/C22H21ClN6/c1-13-10-25-28(3)21(13)15-8-16-12-29(7-6-19(16)24-11-15)22-18-9-17(23)4-5-20(18)26-14(2)27-22/h4-5,8-11H,6-7,12H2,1-3H3. The van der Waals surface area contributed by atoms with Crippen LogP contribution in [0.4, 0.5) is 5.82 Å². The molecule has 3 aromatic heterocycles. The molecule has 0 amide bonds. The number of anilines is 1. The summed E-state index contributed by atoms with van der Waals surface area (Å²) in [5, 5.41) is 6.05. The molecule has 0 atom stereocenters. The second-order valence-corrected chi connectivity index (χ2v) is 7.99. The molecule has 0 fully saturated rings. The van der Waals surface area contributed by atoms with Gasteiger partial charge < -0.3 is 4.90 Å². The lowest BCUT2D eigenvalue weighted by Crippen LogP contribution is -2.32. The van der Waals surface area contributed by atoms with Crippen LogP contribution in [0.3, 0.4) is 0 Å². The van der Waals surface area contributed by atoms with E-state index in [1.807, 2.05) is 49.2 Å². The van der Waals surface area contributed by atoms with Crippen molar-refractivity contribution in [1.82, 2.24) is 24.7 Å². The van der Waals surface area contributed by atoms with E-state index in [0.717, 1.165) is 64.6 Å². The van der Waals surface area contributed by atoms with E-state index in [1.165, 1.54) is 5.56 Å². The molecule has 29 heavy (non-hydrogen) atoms. The molecule has 0 aliphatic carbocycles. The fourth-order valence-corrected chi connectivity index (χ4v) is 4.31. The van der Waals surface area contributed by atoms with E-state index in [1.54, 1.807) is 0 Å². The molecule has 0 saturated heterocycles. The number of pyridine rings is 1. The number of nitrogens with zero attached hydrogens (tertiary/aromatic N) is 6. The van der Waals surface area contributed by atoms with Crippen molar-refractivity contribution in [3.8, 4) is 11.3 Å². The Kier molecular flexibility index (Phi) is 4.24. The van der Waals surface area contributed by atoms with Crippen LogP contribution in [-0.4, -0.2) is 31.3 Å². The van der Waals surface area contributed by atoms with Crippen molar-refractivity contribution in [2.24, 2.45) is 7.05 Å². The van der Waals surface area contributed by atoms with Gasteiger partial charge in [0, 0.05) is 54.4 Å². The summed E-state index contributed by atoms with van der Waals surface area (Å²) in [4.78, 5) is 16.4. The summed E-state index contributed by atoms with van der Waals surface area (Å²) in [6.07, 6.45) is 4.73. The molecule has 0 N–H and O–H groups in total. The second kappa shape index (κ2) is 6.81. The minimum Gasteiger partial charge on any atom is -0.351 e. The first-order valence-corrected chi connectivity index (χ1v) is 10.0. The number of benzene rings is 1. The normalized spacial score (nSPS) is 13.7. The van der Waals surface area contributed by atoms with Crippen molar-refractivity contribution in [3.05, 3.63) is 64.3 Å². The van der Waals surface area contributed by atoms with E-state index in [0.29, 0.717) is 5.02 Å². The largest absolute Gasteiger partial charge is 0.351 e. The number of aryl methyl sites for hydroxylation is 3. The Morgan fingerprint density at radius 1 is 1.07 bits per heavy atom. The number of hydrogen-bond donors (Lipinski definition) is 0. The third-order valence-corrected chi connectivity index (χ3v) is 5.72. The molecule has 6 nitrogen and oxygen atoms in total. The number of rotatable bonds is 2. The lowest BCUT2D eigenvalue weighted by molar-refractivity contribution is 0.702. The lowest BCUT2D eigenvalue weighted by atomic mass is 10.0. The molecule has 0 radical (unpaired) electrons. The van der Waals surface area contributed by atoms with Crippen LogP contribution in [-0.2, 0) is 20.0 Å². The highest BCUT2D eigenvalue weighted by Gasteiger charge is 2.22. The fourth-order valence-electron chi connectivity index (χ4n) is 4.14. The van der Waals surface area contributed by atoms with Gasteiger partial charge in [0.2, 0.25) is 0 Å². The van der Waals surface area contributed by atoms with Gasteiger partial charge in [-0.3, -0.25) is 9.67 Å². The average Bonchev–Trinajstić information content (AvgIpc) is 3.05. The second-order valence-electron chi connectivity index (χ2n) is 7.56. The average molecular weight is 405 g/mol. The Morgan fingerprint density at radius 3 is 2.72 bits per heavy atom. The molecule has 4 aromatic rings. The highest BCUT2D eigenvalue weighted by atomic mass is 35.5. The van der Waals surface area contributed by atoms with Crippen LogP contribution >= 0.6 is 11.6 Å². The summed E-state index contributed by atoms with van der Waals surface area (Å²) in [5.74, 6) is 1.70. The van der Waals surface area contributed by atoms with Crippen LogP contribution in [0.5, 0.6) is 0 Å². The van der Waals surface area contributed by atoms with Crippen molar-refractivity contribution >= 4 is 28.3 Å². The third-order valence-electron chi connectivity index (χ3n) is 5.48. The van der Waals surface area contributed by atoms with E-state index in [-0.39, 0.29) is 0 Å². The van der Waals surface area contributed by atoms with Crippen LogP contribution in [0.2, 0.25) is 5.02 Å². The van der Waals surface area contributed by atoms with Gasteiger partial charge in [-0.25, -0.2) is 9.97 Å². The van der Waals surface area contributed by atoms with Crippen LogP contribution in [0.1, 0.15) is 22.6 Å². The highest BCUT2D eigenvalue weighted by Crippen LogP contribution is 2.32. The number of hydrogen-bond acceptors (Lipinski definition) is 5. The molecule has 1 aliphatic heterocycles. The van der Waals surface area contributed by atoms with Gasteiger partial charge in [0.1, 0.15) is 11.6 Å². The van der Waals surface area contributed by atoms with Gasteiger partial charge in [-0.15, -0.1) is 0 Å². The minimum atomic E-state index is 0.694. The van der Waals surface area contributed by atoms with Gasteiger partial charge in [0.25, 0.3) is 0 Å². The molecule has 0 unspecified atom stereocenters. The molecule has 0 bridgehead atoms. The smallest absolute Gasteiger partial charge is 0.140 e. The number of halogens is 1. The lowest BCUT2D eigenvalue weighted by Gasteiger charge is -2.30. The third kappa shape index (κ3) is 3.13. The predicted octanol–water partition coefficient (Wildman–Crippen LogP) is 4.26. The molecule has 146 valence electrons. The Morgan fingerprint density at radius 2 is 1.93 bits per heavy atom. The molecular formula is C22H21ClN6. The van der Waals surface area contributed by atoms with Crippen LogP contribution in [0, 0.1) is 13.8 Å². The summed E-state index contributed by atoms with van der Waals surface area (Å²) in [6.45, 7) is 5.63. The van der Waals surface area contributed by atoms with E-state index in [4.69, 9.17) is 21.6 Å². The van der Waals surface area contributed by atoms with Crippen molar-refractivity contribution in [2.75, 3.05) is 11.4 Å². The van der Waals surface area contributed by atoms with Crippen molar-refractivity contribution in [3.63, 3.8) is 0 Å². The topological polar surface area (TPSA) is 59.7 Å². The molecule has 4 heterocycles. The van der Waals surface area contributed by atoms with E-state index < -0.39 is 0 Å². The first-order chi connectivity index (χ1) is 14.0. The quantitative estimate of drug-likeness (QED) is 0.499. The molecule has 0 spiro atoms. The highest BCUT2D eigenvalue weighted by molar-refractivity contribution is 6.31.